The summed E-state index contributed by atoms with van der Waals surface area (Å²) >= 11 is 14.2. The van der Waals surface area contributed by atoms with Gasteiger partial charge in [0.05, 0.1) is 31.1 Å². The van der Waals surface area contributed by atoms with E-state index in [1.165, 1.54) is 0 Å². The van der Waals surface area contributed by atoms with Crippen LogP contribution in [0.3, 0.4) is 0 Å². The summed E-state index contributed by atoms with van der Waals surface area (Å²) < 4.78 is 38.5. The number of benzene rings is 4. The highest BCUT2D eigenvalue weighted by atomic mass is 79.9. The van der Waals surface area contributed by atoms with Crippen LogP contribution in [0.5, 0.6) is 34.5 Å². The molecule has 0 aliphatic rings. The van der Waals surface area contributed by atoms with E-state index in [1.54, 1.807) is 24.3 Å². The topological polar surface area (TPSA) is 94.5 Å². The molecule has 234 valence electrons. The number of hydrogen-bond donors (Lipinski definition) is 2. The number of ether oxygens (including phenoxy) is 2. The Balaban J connectivity index is 1.34. The predicted octanol–water partition coefficient (Wildman–Crippen LogP) is 12.1. The van der Waals surface area contributed by atoms with Gasteiger partial charge in [0.2, 0.25) is 0 Å². The van der Waals surface area contributed by atoms with Gasteiger partial charge in [-0.25, -0.2) is 0 Å². The molecule has 44 heavy (non-hydrogen) atoms. The zero-order valence-corrected chi connectivity index (χ0v) is 31.6. The molecular weight excluding hydrogens is 847 g/mol. The molecule has 0 atom stereocenters. The highest BCUT2D eigenvalue weighted by Gasteiger charge is 2.16. The van der Waals surface area contributed by atoms with Crippen molar-refractivity contribution in [1.29, 1.82) is 0 Å². The predicted molar refractivity (Wildman–Crippen MR) is 187 cm³/mol. The van der Waals surface area contributed by atoms with Crippen molar-refractivity contribution in [3.63, 3.8) is 0 Å². The Bertz CT molecular complexity index is 1510. The fourth-order valence-electron chi connectivity index (χ4n) is 4.27. The average Bonchev–Trinajstić information content (AvgIpc) is 2.96. The molecule has 4 aromatic carbocycles. The average molecular weight is 878 g/mol. The molecule has 0 fully saturated rings. The maximum atomic E-state index is 12.6. The SMILES string of the molecule is CC(C)c1cc(Oc2c(Br)cc(CO[PH](=O)OCc3cc(Br)c(Oc4ccc(O)c(C(C)C)c4)c(Br)c3)cc2Br)ccc1O. The smallest absolute Gasteiger partial charge is 0.319 e. The fraction of sp³-hybridized carbons (Fsp3) is 0.250. The van der Waals surface area contributed by atoms with Crippen LogP contribution >= 0.6 is 72.0 Å². The Morgan fingerprint density at radius 1 is 0.614 bits per heavy atom. The third-order valence-corrected chi connectivity index (χ3v) is 9.63. The van der Waals surface area contributed by atoms with E-state index in [4.69, 9.17) is 18.5 Å². The van der Waals surface area contributed by atoms with Gasteiger partial charge in [0.25, 0.3) is 0 Å². The first-order valence-corrected chi connectivity index (χ1v) is 18.0. The number of rotatable bonds is 12. The first-order chi connectivity index (χ1) is 20.8. The maximum Gasteiger partial charge on any atom is 0.319 e. The van der Waals surface area contributed by atoms with Crippen LogP contribution in [0.2, 0.25) is 0 Å². The van der Waals surface area contributed by atoms with Crippen molar-refractivity contribution in [1.82, 2.24) is 0 Å². The van der Waals surface area contributed by atoms with Crippen LogP contribution in [0, 0.1) is 0 Å². The summed E-state index contributed by atoms with van der Waals surface area (Å²) in [5.41, 5.74) is 3.10. The van der Waals surface area contributed by atoms with Gasteiger partial charge in [0, 0.05) is 11.1 Å². The summed E-state index contributed by atoms with van der Waals surface area (Å²) in [6.07, 6.45) is 0. The van der Waals surface area contributed by atoms with Crippen LogP contribution in [-0.2, 0) is 26.8 Å². The highest BCUT2D eigenvalue weighted by molar-refractivity contribution is 9.11. The van der Waals surface area contributed by atoms with Gasteiger partial charge >= 0.3 is 8.25 Å². The van der Waals surface area contributed by atoms with Gasteiger partial charge < -0.3 is 28.7 Å². The molecule has 0 amide bonds. The lowest BCUT2D eigenvalue weighted by Crippen LogP contribution is -1.95. The van der Waals surface area contributed by atoms with Gasteiger partial charge in [-0.1, -0.05) is 27.7 Å². The minimum atomic E-state index is -2.81. The van der Waals surface area contributed by atoms with E-state index in [9.17, 15) is 14.8 Å². The van der Waals surface area contributed by atoms with E-state index in [0.29, 0.717) is 40.9 Å². The molecule has 0 saturated heterocycles. The molecule has 4 rings (SSSR count). The molecular formula is C32H31Br4O7P. The zero-order chi connectivity index (χ0) is 32.1. The Labute approximate surface area is 291 Å². The van der Waals surface area contributed by atoms with Crippen molar-refractivity contribution in [2.75, 3.05) is 0 Å². The second-order valence-electron chi connectivity index (χ2n) is 10.6. The van der Waals surface area contributed by atoms with Crippen LogP contribution in [0.4, 0.5) is 0 Å². The third-order valence-electron chi connectivity index (χ3n) is 6.51. The molecule has 2 N–H and O–H groups in total. The Kier molecular flexibility index (Phi) is 12.4. The van der Waals surface area contributed by atoms with Gasteiger partial charge in [-0.2, -0.15) is 0 Å². The maximum absolute atomic E-state index is 12.6. The first-order valence-electron chi connectivity index (χ1n) is 13.6. The normalized spacial score (nSPS) is 11.5. The van der Waals surface area contributed by atoms with Crippen molar-refractivity contribution >= 4 is 72.0 Å². The molecule has 4 aromatic rings. The van der Waals surface area contributed by atoms with Crippen LogP contribution in [0.1, 0.15) is 61.8 Å². The van der Waals surface area contributed by atoms with Crippen LogP contribution in [0.25, 0.3) is 0 Å². The monoisotopic (exact) mass is 874 g/mol. The van der Waals surface area contributed by atoms with Gasteiger partial charge in [-0.15, -0.1) is 0 Å². The molecule has 0 aromatic heterocycles. The fourth-order valence-corrected chi connectivity index (χ4v) is 7.80. The van der Waals surface area contributed by atoms with Gasteiger partial charge in [0.15, 0.2) is 11.5 Å². The Morgan fingerprint density at radius 2 is 0.955 bits per heavy atom. The van der Waals surface area contributed by atoms with Gasteiger partial charge in [-0.05, 0) is 147 Å². The molecule has 0 saturated carbocycles. The lowest BCUT2D eigenvalue weighted by molar-refractivity contribution is 0.212. The molecule has 0 unspecified atom stereocenters. The summed E-state index contributed by atoms with van der Waals surface area (Å²) in [5, 5.41) is 20.2. The van der Waals surface area contributed by atoms with Gasteiger partial charge in [0.1, 0.15) is 23.0 Å². The van der Waals surface area contributed by atoms with E-state index < -0.39 is 8.25 Å². The third kappa shape index (κ3) is 9.12. The summed E-state index contributed by atoms with van der Waals surface area (Å²) in [4.78, 5) is 0. The Hall–Kier alpha value is -1.85. The molecule has 0 aliphatic carbocycles. The van der Waals surface area contributed by atoms with E-state index in [1.807, 2.05) is 64.1 Å². The van der Waals surface area contributed by atoms with E-state index in [-0.39, 0.29) is 36.5 Å². The van der Waals surface area contributed by atoms with E-state index >= 15 is 0 Å². The van der Waals surface area contributed by atoms with Crippen molar-refractivity contribution in [2.45, 2.75) is 52.7 Å². The standard InChI is InChI=1S/C32H31Br4O7P/c1-17(2)23-13-21(5-7-29(23)37)42-31-25(33)9-19(10-26(31)34)15-40-44(39)41-16-20-11-27(35)32(28(36)12-20)43-22-6-8-30(38)24(14-22)18(3)4/h5-14,17-18,37-38,44H,15-16H2,1-4H3. The van der Waals surface area contributed by atoms with Crippen LogP contribution in [-0.4, -0.2) is 10.2 Å². The minimum Gasteiger partial charge on any atom is -0.508 e. The quantitative estimate of drug-likeness (QED) is 0.137. The van der Waals surface area contributed by atoms with E-state index in [2.05, 4.69) is 63.7 Å². The Morgan fingerprint density at radius 3 is 1.27 bits per heavy atom. The first kappa shape index (κ1) is 35.0. The second kappa shape index (κ2) is 15.6. The largest absolute Gasteiger partial charge is 0.508 e. The summed E-state index contributed by atoms with van der Waals surface area (Å²) in [7, 11) is -2.81. The number of aromatic hydroxyl groups is 2. The highest BCUT2D eigenvalue weighted by Crippen LogP contribution is 2.42. The van der Waals surface area contributed by atoms with Crippen LogP contribution < -0.4 is 9.47 Å². The molecule has 0 heterocycles. The van der Waals surface area contributed by atoms with Crippen molar-refractivity contribution < 1.29 is 33.3 Å². The number of hydrogen-bond acceptors (Lipinski definition) is 7. The second-order valence-corrected chi connectivity index (χ2v) is 15.1. The lowest BCUT2D eigenvalue weighted by atomic mass is 10.0. The van der Waals surface area contributed by atoms with Crippen molar-refractivity contribution in [3.05, 3.63) is 101 Å². The summed E-state index contributed by atoms with van der Waals surface area (Å²) in [5.74, 6) is 3.05. The minimum absolute atomic E-state index is 0.0666. The molecule has 0 spiro atoms. The molecule has 0 bridgehead atoms. The zero-order valence-electron chi connectivity index (χ0n) is 24.3. The molecule has 12 heteroatoms. The van der Waals surface area contributed by atoms with Gasteiger partial charge in [-0.3, -0.25) is 4.57 Å². The number of halogens is 4. The van der Waals surface area contributed by atoms with Crippen molar-refractivity contribution in [3.8, 4) is 34.5 Å². The lowest BCUT2D eigenvalue weighted by Gasteiger charge is -2.15. The number of phenols is 2. The summed E-state index contributed by atoms with van der Waals surface area (Å²) in [6, 6.07) is 17.6. The van der Waals surface area contributed by atoms with Crippen LogP contribution in [0.15, 0.2) is 78.6 Å². The van der Waals surface area contributed by atoms with Crippen molar-refractivity contribution in [2.24, 2.45) is 0 Å². The summed E-state index contributed by atoms with van der Waals surface area (Å²) in [6.45, 7) is 8.14. The molecule has 0 radical (unpaired) electrons. The number of phenolic OH excluding ortho intramolecular Hbond substituents is 2. The molecule has 0 aliphatic heterocycles. The molecule has 7 nitrogen and oxygen atoms in total. The van der Waals surface area contributed by atoms with E-state index in [0.717, 1.165) is 22.3 Å².